The highest BCUT2D eigenvalue weighted by Crippen LogP contribution is 2.24. The van der Waals surface area contributed by atoms with Crippen molar-refractivity contribution in [3.05, 3.63) is 50.5 Å². The summed E-state index contributed by atoms with van der Waals surface area (Å²) in [5, 5.41) is 18.7. The number of nitro groups is 1. The van der Waals surface area contributed by atoms with Gasteiger partial charge in [0.2, 0.25) is 0 Å². The molecule has 0 amide bonds. The van der Waals surface area contributed by atoms with Crippen LogP contribution >= 0.6 is 15.9 Å². The van der Waals surface area contributed by atoms with Crippen molar-refractivity contribution >= 4 is 21.6 Å². The first-order chi connectivity index (χ1) is 10.1. The number of hydrogen-bond acceptors (Lipinski definition) is 5. The van der Waals surface area contributed by atoms with E-state index in [1.807, 2.05) is 0 Å². The summed E-state index contributed by atoms with van der Waals surface area (Å²) in [7, 11) is 0. The Morgan fingerprint density at radius 1 is 1.48 bits per heavy atom. The summed E-state index contributed by atoms with van der Waals surface area (Å²) in [6, 6.07) is 5.62. The molecule has 0 aliphatic heterocycles. The third-order valence-electron chi connectivity index (χ3n) is 3.39. The van der Waals surface area contributed by atoms with E-state index in [4.69, 9.17) is 0 Å². The van der Waals surface area contributed by atoms with E-state index in [0.29, 0.717) is 29.2 Å². The maximum Gasteiger partial charge on any atom is 0.275 e. The van der Waals surface area contributed by atoms with Gasteiger partial charge in [0.1, 0.15) is 12.2 Å². The van der Waals surface area contributed by atoms with Crippen LogP contribution in [0.25, 0.3) is 0 Å². The van der Waals surface area contributed by atoms with E-state index in [1.54, 1.807) is 16.8 Å². The predicted octanol–water partition coefficient (Wildman–Crippen LogP) is 2.25. The lowest BCUT2D eigenvalue weighted by Gasteiger charge is -2.08. The number of nitro benzene ring substituents is 1. The predicted molar refractivity (Wildman–Crippen MR) is 79.8 cm³/mol. The quantitative estimate of drug-likeness (QED) is 0.637. The molecule has 3 rings (SSSR count). The maximum absolute atomic E-state index is 11.1. The Hall–Kier alpha value is -1.80. The summed E-state index contributed by atoms with van der Waals surface area (Å²) in [4.78, 5) is 15.0. The third-order valence-corrected chi connectivity index (χ3v) is 3.88. The van der Waals surface area contributed by atoms with Gasteiger partial charge in [0, 0.05) is 16.6 Å². The van der Waals surface area contributed by atoms with Gasteiger partial charge in [0.15, 0.2) is 0 Å². The van der Waals surface area contributed by atoms with Crippen LogP contribution in [0.5, 0.6) is 0 Å². The minimum absolute atomic E-state index is 0.0842. The highest BCUT2D eigenvalue weighted by atomic mass is 79.9. The Labute approximate surface area is 129 Å². The number of benzene rings is 1. The summed E-state index contributed by atoms with van der Waals surface area (Å²) in [6.07, 6.45) is 3.88. The van der Waals surface area contributed by atoms with Gasteiger partial charge in [-0.05, 0) is 25.0 Å². The van der Waals surface area contributed by atoms with Crippen LogP contribution in [0.1, 0.15) is 24.2 Å². The zero-order chi connectivity index (χ0) is 14.8. The lowest BCUT2D eigenvalue weighted by Crippen LogP contribution is -2.20. The summed E-state index contributed by atoms with van der Waals surface area (Å²) < 4.78 is 2.39. The molecule has 1 aliphatic carbocycles. The molecular formula is C13H14BrN5O2. The molecule has 110 valence electrons. The molecule has 0 spiro atoms. The number of nitrogens with one attached hydrogen (secondary N) is 1. The van der Waals surface area contributed by atoms with Crippen LogP contribution in [0, 0.1) is 10.1 Å². The number of hydrogen-bond donors (Lipinski definition) is 1. The number of nitrogens with zero attached hydrogens (tertiary/aromatic N) is 4. The minimum Gasteiger partial charge on any atom is -0.307 e. The Morgan fingerprint density at radius 3 is 3.00 bits per heavy atom. The average Bonchev–Trinajstić information content (AvgIpc) is 3.18. The summed E-state index contributed by atoms with van der Waals surface area (Å²) in [5.41, 5.74) is 0.697. The molecule has 1 aromatic heterocycles. The standard InChI is InChI=1S/C13H14BrN5O2/c14-10-2-1-9(12(5-10)19(20)21)7-18-13(16-8-17-18)6-15-11-3-4-11/h1-2,5,8,11,15H,3-4,6-7H2. The van der Waals surface area contributed by atoms with Gasteiger partial charge in [-0.1, -0.05) is 15.9 Å². The molecule has 0 bridgehead atoms. The van der Waals surface area contributed by atoms with Crippen molar-refractivity contribution in [3.8, 4) is 0 Å². The Bertz CT molecular complexity index is 668. The molecule has 1 aliphatic rings. The second-order valence-corrected chi connectivity index (χ2v) is 5.93. The normalized spacial score (nSPS) is 14.3. The van der Waals surface area contributed by atoms with Crippen LogP contribution < -0.4 is 5.32 Å². The van der Waals surface area contributed by atoms with Gasteiger partial charge in [-0.2, -0.15) is 5.10 Å². The minimum atomic E-state index is -0.376. The van der Waals surface area contributed by atoms with Crippen LogP contribution in [0.15, 0.2) is 29.0 Å². The van der Waals surface area contributed by atoms with Crippen LogP contribution in [0.2, 0.25) is 0 Å². The molecule has 1 fully saturated rings. The van der Waals surface area contributed by atoms with Crippen molar-refractivity contribution in [1.82, 2.24) is 20.1 Å². The fourth-order valence-corrected chi connectivity index (χ4v) is 2.43. The molecule has 1 heterocycles. The Balaban J connectivity index is 1.80. The zero-order valence-electron chi connectivity index (χ0n) is 11.2. The first-order valence-electron chi connectivity index (χ1n) is 6.66. The molecular weight excluding hydrogens is 338 g/mol. The van der Waals surface area contributed by atoms with E-state index in [-0.39, 0.29) is 10.6 Å². The van der Waals surface area contributed by atoms with E-state index >= 15 is 0 Å². The largest absolute Gasteiger partial charge is 0.307 e. The van der Waals surface area contributed by atoms with Gasteiger partial charge in [-0.15, -0.1) is 0 Å². The smallest absolute Gasteiger partial charge is 0.275 e. The molecule has 8 heteroatoms. The van der Waals surface area contributed by atoms with E-state index < -0.39 is 0 Å². The second kappa shape index (κ2) is 5.90. The van der Waals surface area contributed by atoms with Gasteiger partial charge in [-0.3, -0.25) is 10.1 Å². The molecule has 7 nitrogen and oxygen atoms in total. The fourth-order valence-electron chi connectivity index (χ4n) is 2.08. The van der Waals surface area contributed by atoms with Crippen molar-refractivity contribution in [2.75, 3.05) is 0 Å². The zero-order valence-corrected chi connectivity index (χ0v) is 12.8. The van der Waals surface area contributed by atoms with Crippen molar-refractivity contribution in [1.29, 1.82) is 0 Å². The first kappa shape index (κ1) is 14.2. The van der Waals surface area contributed by atoms with E-state index in [0.717, 1.165) is 5.82 Å². The number of aromatic nitrogens is 3. The van der Waals surface area contributed by atoms with E-state index in [9.17, 15) is 10.1 Å². The van der Waals surface area contributed by atoms with Crippen LogP contribution in [-0.4, -0.2) is 25.7 Å². The lowest BCUT2D eigenvalue weighted by atomic mass is 10.2. The van der Waals surface area contributed by atoms with Crippen LogP contribution in [-0.2, 0) is 13.1 Å². The molecule has 21 heavy (non-hydrogen) atoms. The maximum atomic E-state index is 11.1. The lowest BCUT2D eigenvalue weighted by molar-refractivity contribution is -0.385. The van der Waals surface area contributed by atoms with Gasteiger partial charge >= 0.3 is 0 Å². The van der Waals surface area contributed by atoms with E-state index in [2.05, 4.69) is 31.3 Å². The van der Waals surface area contributed by atoms with Gasteiger partial charge in [0.25, 0.3) is 5.69 Å². The van der Waals surface area contributed by atoms with Gasteiger partial charge in [-0.25, -0.2) is 9.67 Å². The molecule has 1 saturated carbocycles. The van der Waals surface area contributed by atoms with E-state index in [1.165, 1.54) is 25.2 Å². The topological polar surface area (TPSA) is 85.9 Å². The molecule has 0 atom stereocenters. The molecule has 0 saturated heterocycles. The number of halogens is 1. The van der Waals surface area contributed by atoms with Gasteiger partial charge in [0.05, 0.1) is 23.6 Å². The third kappa shape index (κ3) is 3.45. The van der Waals surface area contributed by atoms with Crippen molar-refractivity contribution < 1.29 is 4.92 Å². The van der Waals surface area contributed by atoms with Crippen LogP contribution in [0.3, 0.4) is 0 Å². The number of rotatable bonds is 6. The Kier molecular flexibility index (Phi) is 3.98. The van der Waals surface area contributed by atoms with Gasteiger partial charge < -0.3 is 5.32 Å². The first-order valence-corrected chi connectivity index (χ1v) is 7.45. The Morgan fingerprint density at radius 2 is 2.29 bits per heavy atom. The second-order valence-electron chi connectivity index (χ2n) is 5.02. The highest BCUT2D eigenvalue weighted by Gasteiger charge is 2.21. The fraction of sp³-hybridized carbons (Fsp3) is 0.385. The highest BCUT2D eigenvalue weighted by molar-refractivity contribution is 9.10. The molecule has 0 unspecified atom stereocenters. The van der Waals surface area contributed by atoms with Crippen molar-refractivity contribution in [3.63, 3.8) is 0 Å². The SMILES string of the molecule is O=[N+]([O-])c1cc(Br)ccc1Cn1ncnc1CNC1CC1. The average molecular weight is 352 g/mol. The summed E-state index contributed by atoms with van der Waals surface area (Å²) >= 11 is 3.26. The summed E-state index contributed by atoms with van der Waals surface area (Å²) in [6.45, 7) is 0.972. The molecule has 0 radical (unpaired) electrons. The monoisotopic (exact) mass is 351 g/mol. The van der Waals surface area contributed by atoms with Crippen molar-refractivity contribution in [2.24, 2.45) is 0 Å². The molecule has 1 aromatic carbocycles. The molecule has 1 N–H and O–H groups in total. The molecule has 2 aromatic rings. The van der Waals surface area contributed by atoms with Crippen LogP contribution in [0.4, 0.5) is 5.69 Å². The summed E-state index contributed by atoms with van der Waals surface area (Å²) in [5.74, 6) is 0.791. The van der Waals surface area contributed by atoms with Crippen molar-refractivity contribution in [2.45, 2.75) is 32.0 Å².